The Balaban J connectivity index is 1.68. The van der Waals surface area contributed by atoms with Gasteiger partial charge in [-0.15, -0.1) is 0 Å². The summed E-state index contributed by atoms with van der Waals surface area (Å²) < 4.78 is 5.40. The number of hydrogen-bond donors (Lipinski definition) is 2. The zero-order valence-corrected chi connectivity index (χ0v) is 12.6. The number of fused-ring (bicyclic) bond motifs is 1. The molecule has 1 atom stereocenters. The lowest BCUT2D eigenvalue weighted by atomic mass is 9.98. The van der Waals surface area contributed by atoms with E-state index in [0.717, 1.165) is 63.5 Å². The van der Waals surface area contributed by atoms with E-state index in [0.29, 0.717) is 5.92 Å². The molecule has 116 valence electrons. The topological polar surface area (TPSA) is 70.2 Å². The van der Waals surface area contributed by atoms with Crippen molar-refractivity contribution in [2.24, 2.45) is 5.92 Å². The van der Waals surface area contributed by atoms with Crippen LogP contribution in [0.3, 0.4) is 0 Å². The van der Waals surface area contributed by atoms with Gasteiger partial charge < -0.3 is 19.9 Å². The standard InChI is InChI=1S/C15H24N4O2/c1-2-19(9-11-4-7-21-8-5-11)15(20)14-13-12(3-6-16-14)17-10-18-13/h10-11,14,16H,2-9H2,1H3,(H,17,18)/t14-/m0/s1. The van der Waals surface area contributed by atoms with Gasteiger partial charge in [-0.2, -0.15) is 0 Å². The van der Waals surface area contributed by atoms with Gasteiger partial charge in [0.2, 0.25) is 5.91 Å². The van der Waals surface area contributed by atoms with E-state index in [-0.39, 0.29) is 11.9 Å². The van der Waals surface area contributed by atoms with Crippen molar-refractivity contribution in [2.45, 2.75) is 32.2 Å². The highest BCUT2D eigenvalue weighted by atomic mass is 16.5. The van der Waals surface area contributed by atoms with E-state index >= 15 is 0 Å². The monoisotopic (exact) mass is 292 g/mol. The molecule has 2 N–H and O–H groups in total. The fourth-order valence-electron chi connectivity index (χ4n) is 3.22. The molecule has 0 saturated carbocycles. The van der Waals surface area contributed by atoms with E-state index in [1.165, 1.54) is 0 Å². The maximum absolute atomic E-state index is 12.8. The quantitative estimate of drug-likeness (QED) is 0.864. The van der Waals surface area contributed by atoms with Crippen LogP contribution in [0, 0.1) is 5.92 Å². The number of nitrogens with one attached hydrogen (secondary N) is 2. The summed E-state index contributed by atoms with van der Waals surface area (Å²) in [5, 5.41) is 3.31. The number of carbonyl (C=O) groups is 1. The molecular formula is C15H24N4O2. The number of hydrogen-bond acceptors (Lipinski definition) is 4. The van der Waals surface area contributed by atoms with Crippen molar-refractivity contribution in [3.05, 3.63) is 17.7 Å². The van der Waals surface area contributed by atoms with Gasteiger partial charge in [0.25, 0.3) is 0 Å². The zero-order valence-electron chi connectivity index (χ0n) is 12.6. The van der Waals surface area contributed by atoms with Gasteiger partial charge in [0.15, 0.2) is 0 Å². The van der Waals surface area contributed by atoms with Gasteiger partial charge in [-0.3, -0.25) is 4.79 Å². The third-order valence-electron chi connectivity index (χ3n) is 4.51. The van der Waals surface area contributed by atoms with Crippen molar-refractivity contribution < 1.29 is 9.53 Å². The highest BCUT2D eigenvalue weighted by molar-refractivity contribution is 5.83. The summed E-state index contributed by atoms with van der Waals surface area (Å²) in [5.41, 5.74) is 1.96. The summed E-state index contributed by atoms with van der Waals surface area (Å²) in [6, 6.07) is -0.292. The molecule has 3 heterocycles. The Kier molecular flexibility index (Phi) is 4.55. The summed E-state index contributed by atoms with van der Waals surface area (Å²) in [4.78, 5) is 22.3. The second-order valence-corrected chi connectivity index (χ2v) is 5.84. The number of aromatic nitrogens is 2. The Bertz CT molecular complexity index is 482. The van der Waals surface area contributed by atoms with Crippen molar-refractivity contribution in [2.75, 3.05) is 32.8 Å². The Labute approximate surface area is 125 Å². The third kappa shape index (κ3) is 3.11. The third-order valence-corrected chi connectivity index (χ3v) is 4.51. The van der Waals surface area contributed by atoms with Gasteiger partial charge in [-0.1, -0.05) is 0 Å². The first-order valence-electron chi connectivity index (χ1n) is 7.91. The summed E-state index contributed by atoms with van der Waals surface area (Å²) in [6.45, 7) is 6.08. The molecule has 2 aliphatic rings. The van der Waals surface area contributed by atoms with E-state index in [1.807, 2.05) is 11.8 Å². The van der Waals surface area contributed by atoms with Crippen molar-refractivity contribution in [3.8, 4) is 0 Å². The largest absolute Gasteiger partial charge is 0.381 e. The molecule has 6 nitrogen and oxygen atoms in total. The second kappa shape index (κ2) is 6.58. The highest BCUT2D eigenvalue weighted by Crippen LogP contribution is 2.23. The van der Waals surface area contributed by atoms with E-state index in [1.54, 1.807) is 6.33 Å². The molecule has 0 bridgehead atoms. The normalized spacial score (nSPS) is 22.8. The average Bonchev–Trinajstić information content (AvgIpc) is 3.01. The number of imidazole rings is 1. The number of H-pyrrole nitrogens is 1. The van der Waals surface area contributed by atoms with Gasteiger partial charge in [-0.25, -0.2) is 4.98 Å². The maximum atomic E-state index is 12.8. The van der Waals surface area contributed by atoms with Crippen LogP contribution in [0.15, 0.2) is 6.33 Å². The molecule has 1 fully saturated rings. The molecule has 2 aliphatic heterocycles. The molecule has 0 unspecified atom stereocenters. The lowest BCUT2D eigenvalue weighted by Gasteiger charge is -2.32. The van der Waals surface area contributed by atoms with Crippen LogP contribution in [0.2, 0.25) is 0 Å². The summed E-state index contributed by atoms with van der Waals surface area (Å²) in [7, 11) is 0. The van der Waals surface area contributed by atoms with Gasteiger partial charge in [0.05, 0.1) is 12.0 Å². The molecule has 0 spiro atoms. The molecule has 6 heteroatoms. The smallest absolute Gasteiger partial charge is 0.246 e. The van der Waals surface area contributed by atoms with Crippen LogP contribution in [0.4, 0.5) is 0 Å². The van der Waals surface area contributed by atoms with Crippen LogP contribution in [0.5, 0.6) is 0 Å². The lowest BCUT2D eigenvalue weighted by Crippen LogP contribution is -2.46. The van der Waals surface area contributed by atoms with Crippen LogP contribution in [0.25, 0.3) is 0 Å². The number of carbonyl (C=O) groups excluding carboxylic acids is 1. The van der Waals surface area contributed by atoms with Gasteiger partial charge in [-0.05, 0) is 25.7 Å². The van der Waals surface area contributed by atoms with E-state index < -0.39 is 0 Å². The summed E-state index contributed by atoms with van der Waals surface area (Å²) >= 11 is 0. The first-order chi connectivity index (χ1) is 10.3. The Morgan fingerprint density at radius 3 is 3.05 bits per heavy atom. The van der Waals surface area contributed by atoms with Crippen molar-refractivity contribution in [1.82, 2.24) is 20.2 Å². The number of likely N-dealkylation sites (N-methyl/N-ethyl adjacent to an activating group) is 1. The van der Waals surface area contributed by atoms with Crippen molar-refractivity contribution in [1.29, 1.82) is 0 Å². The van der Waals surface area contributed by atoms with Crippen molar-refractivity contribution >= 4 is 5.91 Å². The minimum Gasteiger partial charge on any atom is -0.381 e. The summed E-state index contributed by atoms with van der Waals surface area (Å²) in [6.07, 6.45) is 4.70. The number of ether oxygens (including phenoxy) is 1. The predicted molar refractivity (Wildman–Crippen MR) is 78.8 cm³/mol. The highest BCUT2D eigenvalue weighted by Gasteiger charge is 2.32. The number of aromatic amines is 1. The zero-order chi connectivity index (χ0) is 14.7. The minimum atomic E-state index is -0.292. The number of amides is 1. The molecule has 21 heavy (non-hydrogen) atoms. The molecule has 0 aliphatic carbocycles. The molecule has 1 saturated heterocycles. The molecule has 3 rings (SSSR count). The molecule has 1 amide bonds. The van der Waals surface area contributed by atoms with Crippen LogP contribution in [-0.4, -0.2) is 53.6 Å². The number of rotatable bonds is 4. The fourth-order valence-corrected chi connectivity index (χ4v) is 3.22. The second-order valence-electron chi connectivity index (χ2n) is 5.84. The van der Waals surface area contributed by atoms with Crippen LogP contribution in [0.1, 0.15) is 37.2 Å². The minimum absolute atomic E-state index is 0.150. The molecule has 0 aromatic carbocycles. The van der Waals surface area contributed by atoms with Gasteiger partial charge >= 0.3 is 0 Å². The Hall–Kier alpha value is -1.40. The average molecular weight is 292 g/mol. The Morgan fingerprint density at radius 1 is 1.48 bits per heavy atom. The van der Waals surface area contributed by atoms with E-state index in [2.05, 4.69) is 15.3 Å². The summed E-state index contributed by atoms with van der Waals surface area (Å²) in [5.74, 6) is 0.710. The first-order valence-corrected chi connectivity index (χ1v) is 7.91. The van der Waals surface area contributed by atoms with Gasteiger partial charge in [0.1, 0.15) is 6.04 Å². The van der Waals surface area contributed by atoms with Gasteiger partial charge in [0, 0.05) is 45.0 Å². The molecule has 0 radical (unpaired) electrons. The SMILES string of the molecule is CCN(CC1CCOCC1)C(=O)[C@H]1NCCc2[nH]cnc21. The molecule has 1 aromatic rings. The number of nitrogens with zero attached hydrogens (tertiary/aromatic N) is 2. The molecule has 1 aromatic heterocycles. The maximum Gasteiger partial charge on any atom is 0.246 e. The van der Waals surface area contributed by atoms with Crippen LogP contribution >= 0.6 is 0 Å². The lowest BCUT2D eigenvalue weighted by molar-refractivity contribution is -0.134. The van der Waals surface area contributed by atoms with Crippen LogP contribution in [-0.2, 0) is 16.0 Å². The first kappa shape index (κ1) is 14.5. The predicted octanol–water partition coefficient (Wildman–Crippen LogP) is 0.872. The fraction of sp³-hybridized carbons (Fsp3) is 0.733. The van der Waals surface area contributed by atoms with E-state index in [9.17, 15) is 4.79 Å². The van der Waals surface area contributed by atoms with Crippen LogP contribution < -0.4 is 5.32 Å². The van der Waals surface area contributed by atoms with Crippen molar-refractivity contribution in [3.63, 3.8) is 0 Å². The Morgan fingerprint density at radius 2 is 2.29 bits per heavy atom. The molecular weight excluding hydrogens is 268 g/mol. The van der Waals surface area contributed by atoms with E-state index in [4.69, 9.17) is 4.74 Å².